The van der Waals surface area contributed by atoms with Crippen LogP contribution in [0.3, 0.4) is 0 Å². The zero-order chi connectivity index (χ0) is 15.3. The summed E-state index contributed by atoms with van der Waals surface area (Å²) in [6, 6.07) is -0.554. The number of hydrogen-bond acceptors (Lipinski definition) is 3. The van der Waals surface area contributed by atoms with E-state index in [1.54, 1.807) is 7.11 Å². The molecular formula is C15H26N2O4. The van der Waals surface area contributed by atoms with Crippen molar-refractivity contribution in [3.8, 4) is 0 Å². The fourth-order valence-corrected chi connectivity index (χ4v) is 3.26. The molecule has 0 radical (unpaired) electrons. The van der Waals surface area contributed by atoms with Gasteiger partial charge in [-0.05, 0) is 32.1 Å². The van der Waals surface area contributed by atoms with Gasteiger partial charge in [0.15, 0.2) is 0 Å². The van der Waals surface area contributed by atoms with Gasteiger partial charge in [-0.25, -0.2) is 4.79 Å². The molecule has 0 aromatic heterocycles. The van der Waals surface area contributed by atoms with Crippen LogP contribution in [-0.2, 0) is 9.53 Å². The first-order valence-corrected chi connectivity index (χ1v) is 7.89. The van der Waals surface area contributed by atoms with E-state index >= 15 is 0 Å². The summed E-state index contributed by atoms with van der Waals surface area (Å²) in [7, 11) is 1.67. The Bertz CT molecular complexity index is 376. The monoisotopic (exact) mass is 298 g/mol. The van der Waals surface area contributed by atoms with E-state index in [4.69, 9.17) is 4.74 Å². The zero-order valence-electron chi connectivity index (χ0n) is 12.7. The molecule has 0 aromatic carbocycles. The fraction of sp³-hybridized carbons (Fsp3) is 0.867. The van der Waals surface area contributed by atoms with E-state index in [-0.39, 0.29) is 17.7 Å². The third-order valence-electron chi connectivity index (χ3n) is 4.92. The maximum absolute atomic E-state index is 12.0. The predicted molar refractivity (Wildman–Crippen MR) is 78.1 cm³/mol. The number of carbonyl (C=O) groups excluding carboxylic acids is 1. The maximum atomic E-state index is 12.0. The number of amides is 2. The first-order chi connectivity index (χ1) is 10.1. The van der Waals surface area contributed by atoms with E-state index in [1.807, 2.05) is 0 Å². The summed E-state index contributed by atoms with van der Waals surface area (Å²) < 4.78 is 5.46. The summed E-state index contributed by atoms with van der Waals surface area (Å²) in [5.41, 5.74) is -0.215. The molecule has 6 heteroatoms. The molecule has 3 N–H and O–H groups in total. The molecular weight excluding hydrogens is 272 g/mol. The summed E-state index contributed by atoms with van der Waals surface area (Å²) in [6.45, 7) is 0.486. The molecule has 2 saturated carbocycles. The number of methoxy groups -OCH3 is 1. The summed E-state index contributed by atoms with van der Waals surface area (Å²) >= 11 is 0. The minimum absolute atomic E-state index is 0.215. The molecule has 120 valence electrons. The van der Waals surface area contributed by atoms with Crippen LogP contribution in [0.4, 0.5) is 4.79 Å². The van der Waals surface area contributed by atoms with Gasteiger partial charge in [0.25, 0.3) is 0 Å². The average Bonchev–Trinajstić information content (AvgIpc) is 2.63. The number of carboxylic acid groups (broad SMARTS) is 1. The molecule has 2 amide bonds. The van der Waals surface area contributed by atoms with Gasteiger partial charge in [0.2, 0.25) is 0 Å². The molecule has 2 atom stereocenters. The van der Waals surface area contributed by atoms with Crippen LogP contribution in [0.15, 0.2) is 0 Å². The molecule has 0 saturated heterocycles. The summed E-state index contributed by atoms with van der Waals surface area (Å²) in [5, 5.41) is 15.0. The van der Waals surface area contributed by atoms with E-state index in [9.17, 15) is 14.7 Å². The minimum atomic E-state index is -0.811. The molecule has 2 fully saturated rings. The number of carboxylic acids is 1. The van der Waals surface area contributed by atoms with Crippen LogP contribution in [0, 0.1) is 5.92 Å². The van der Waals surface area contributed by atoms with E-state index in [0.717, 1.165) is 44.9 Å². The second kappa shape index (κ2) is 7.11. The number of ether oxygens (including phenoxy) is 1. The number of nitrogens with one attached hydrogen (secondary N) is 2. The molecule has 2 aliphatic carbocycles. The quantitative estimate of drug-likeness (QED) is 0.676. The smallest absolute Gasteiger partial charge is 0.315 e. The molecule has 0 bridgehead atoms. The topological polar surface area (TPSA) is 87.7 Å². The van der Waals surface area contributed by atoms with Crippen molar-refractivity contribution in [1.82, 2.24) is 10.6 Å². The second-order valence-electron chi connectivity index (χ2n) is 6.26. The van der Waals surface area contributed by atoms with E-state index in [0.29, 0.717) is 13.0 Å². The molecule has 2 rings (SSSR count). The normalized spacial score (nSPS) is 28.0. The van der Waals surface area contributed by atoms with Crippen LogP contribution >= 0.6 is 0 Å². The van der Waals surface area contributed by atoms with Crippen molar-refractivity contribution in [3.05, 3.63) is 0 Å². The molecule has 6 nitrogen and oxygen atoms in total. The summed E-state index contributed by atoms with van der Waals surface area (Å²) in [5.74, 6) is -1.28. The van der Waals surface area contributed by atoms with Gasteiger partial charge < -0.3 is 20.5 Å². The van der Waals surface area contributed by atoms with Crippen LogP contribution in [0.5, 0.6) is 0 Å². The van der Waals surface area contributed by atoms with Gasteiger partial charge in [0, 0.05) is 19.7 Å². The Labute approximate surface area is 125 Å². The Balaban J connectivity index is 1.83. The van der Waals surface area contributed by atoms with Crippen LogP contribution < -0.4 is 10.6 Å². The molecule has 21 heavy (non-hydrogen) atoms. The SMILES string of the molecule is COC1(CNC(=O)NC2CCCCCC2C(=O)O)CCC1. The number of rotatable bonds is 5. The Kier molecular flexibility index (Phi) is 5.45. The largest absolute Gasteiger partial charge is 0.481 e. The van der Waals surface area contributed by atoms with Gasteiger partial charge in [-0.15, -0.1) is 0 Å². The Morgan fingerprint density at radius 1 is 1.19 bits per heavy atom. The van der Waals surface area contributed by atoms with Crippen molar-refractivity contribution in [2.45, 2.75) is 63.0 Å². The van der Waals surface area contributed by atoms with Gasteiger partial charge in [0.05, 0.1) is 11.5 Å². The highest BCUT2D eigenvalue weighted by Crippen LogP contribution is 2.34. The van der Waals surface area contributed by atoms with Gasteiger partial charge in [-0.2, -0.15) is 0 Å². The van der Waals surface area contributed by atoms with Crippen molar-refractivity contribution in [2.24, 2.45) is 5.92 Å². The molecule has 2 aliphatic rings. The Hall–Kier alpha value is -1.30. The van der Waals surface area contributed by atoms with Gasteiger partial charge in [-0.1, -0.05) is 19.3 Å². The van der Waals surface area contributed by atoms with Gasteiger partial charge in [-0.3, -0.25) is 4.79 Å². The molecule has 0 aliphatic heterocycles. The highest BCUT2D eigenvalue weighted by Gasteiger charge is 2.37. The average molecular weight is 298 g/mol. The maximum Gasteiger partial charge on any atom is 0.315 e. The van der Waals surface area contributed by atoms with Crippen LogP contribution in [0.1, 0.15) is 51.4 Å². The van der Waals surface area contributed by atoms with Crippen molar-refractivity contribution < 1.29 is 19.4 Å². The number of carbonyl (C=O) groups is 2. The van der Waals surface area contributed by atoms with Crippen LogP contribution in [0.25, 0.3) is 0 Å². The van der Waals surface area contributed by atoms with Crippen molar-refractivity contribution >= 4 is 12.0 Å². The molecule has 0 spiro atoms. The first kappa shape index (κ1) is 16.1. The number of aliphatic carboxylic acids is 1. The predicted octanol–water partition coefficient (Wildman–Crippen LogP) is 1.89. The van der Waals surface area contributed by atoms with Crippen molar-refractivity contribution in [2.75, 3.05) is 13.7 Å². The van der Waals surface area contributed by atoms with Crippen LogP contribution in [-0.4, -0.2) is 42.4 Å². The lowest BCUT2D eigenvalue weighted by Gasteiger charge is -2.40. The third-order valence-corrected chi connectivity index (χ3v) is 4.92. The van der Waals surface area contributed by atoms with Gasteiger partial charge >= 0.3 is 12.0 Å². The lowest BCUT2D eigenvalue weighted by Crippen LogP contribution is -2.53. The first-order valence-electron chi connectivity index (χ1n) is 7.89. The summed E-state index contributed by atoms with van der Waals surface area (Å²) in [6.07, 6.45) is 7.36. The fourth-order valence-electron chi connectivity index (χ4n) is 3.26. The minimum Gasteiger partial charge on any atom is -0.481 e. The highest BCUT2D eigenvalue weighted by molar-refractivity contribution is 5.76. The number of urea groups is 1. The van der Waals surface area contributed by atoms with Crippen LogP contribution in [0.2, 0.25) is 0 Å². The molecule has 0 heterocycles. The van der Waals surface area contributed by atoms with Gasteiger partial charge in [0.1, 0.15) is 0 Å². The Morgan fingerprint density at radius 2 is 1.90 bits per heavy atom. The molecule has 2 unspecified atom stereocenters. The summed E-state index contributed by atoms with van der Waals surface area (Å²) in [4.78, 5) is 23.3. The second-order valence-corrected chi connectivity index (χ2v) is 6.26. The zero-order valence-corrected chi connectivity index (χ0v) is 12.7. The Morgan fingerprint density at radius 3 is 2.48 bits per heavy atom. The number of hydrogen-bond donors (Lipinski definition) is 3. The lowest BCUT2D eigenvalue weighted by atomic mass is 9.80. The van der Waals surface area contributed by atoms with E-state index in [2.05, 4.69) is 10.6 Å². The standard InChI is InChI=1S/C15H26N2O4/c1-21-15(8-5-9-15)10-16-14(20)17-12-7-4-2-3-6-11(12)13(18)19/h11-12H,2-10H2,1H3,(H,18,19)(H2,16,17,20). The van der Waals surface area contributed by atoms with Crippen molar-refractivity contribution in [3.63, 3.8) is 0 Å². The molecule has 0 aromatic rings. The van der Waals surface area contributed by atoms with E-state index in [1.165, 1.54) is 0 Å². The van der Waals surface area contributed by atoms with Crippen molar-refractivity contribution in [1.29, 1.82) is 0 Å². The lowest BCUT2D eigenvalue weighted by molar-refractivity contribution is -0.142. The van der Waals surface area contributed by atoms with E-state index < -0.39 is 11.9 Å². The third kappa shape index (κ3) is 4.09. The highest BCUT2D eigenvalue weighted by atomic mass is 16.5.